The molecule has 8 heteroatoms. The highest BCUT2D eigenvalue weighted by Gasteiger charge is 2.33. The van der Waals surface area contributed by atoms with Gasteiger partial charge < -0.3 is 14.5 Å². The molecule has 0 unspecified atom stereocenters. The van der Waals surface area contributed by atoms with Crippen molar-refractivity contribution in [2.24, 2.45) is 0 Å². The van der Waals surface area contributed by atoms with E-state index in [1.807, 2.05) is 0 Å². The van der Waals surface area contributed by atoms with Crippen LogP contribution in [0, 0.1) is 5.82 Å². The SMILES string of the molecule is CN(C)CCCCO[C@H]1CC[C@H](N(C)S(=O)(=O)c2ccc(N(C)C)cc2F)CC1. The zero-order valence-electron chi connectivity index (χ0n) is 18.4. The number of nitrogens with zero attached hydrogens (tertiary/aromatic N) is 3. The number of hydrogen-bond donors (Lipinski definition) is 0. The summed E-state index contributed by atoms with van der Waals surface area (Å²) in [6.45, 7) is 1.81. The predicted molar refractivity (Wildman–Crippen MR) is 115 cm³/mol. The molecule has 0 amide bonds. The quantitative estimate of drug-likeness (QED) is 0.535. The van der Waals surface area contributed by atoms with Gasteiger partial charge in [0.15, 0.2) is 0 Å². The highest BCUT2D eigenvalue weighted by atomic mass is 32.2. The normalized spacial score (nSPS) is 20.4. The molecule has 1 aromatic rings. The summed E-state index contributed by atoms with van der Waals surface area (Å²) < 4.78 is 47.7. The Morgan fingerprint density at radius 3 is 2.24 bits per heavy atom. The van der Waals surface area contributed by atoms with Crippen LogP contribution in [0.2, 0.25) is 0 Å². The van der Waals surface area contributed by atoms with Gasteiger partial charge in [0, 0.05) is 39.5 Å². The first-order chi connectivity index (χ1) is 13.6. The number of unbranched alkanes of at least 4 members (excludes halogenated alkanes) is 1. The number of rotatable bonds is 10. The molecular formula is C21H36FN3O3S. The third-order valence-corrected chi connectivity index (χ3v) is 7.54. The highest BCUT2D eigenvalue weighted by molar-refractivity contribution is 7.89. The standard InChI is InChI=1S/C21H36FN3O3S/c1-23(2)14-6-7-15-28-19-11-8-17(9-12-19)25(5)29(26,27)21-13-10-18(24(3)4)16-20(21)22/h10,13,16-17,19H,6-9,11-12,14-15H2,1-5H3/t17-,19-. The highest BCUT2D eigenvalue weighted by Crippen LogP contribution is 2.30. The van der Waals surface area contributed by atoms with Crippen molar-refractivity contribution in [2.45, 2.75) is 55.6 Å². The summed E-state index contributed by atoms with van der Waals surface area (Å²) in [5.41, 5.74) is 0.632. The van der Waals surface area contributed by atoms with E-state index < -0.39 is 15.8 Å². The Hall–Kier alpha value is -1.22. The van der Waals surface area contributed by atoms with Crippen LogP contribution in [-0.4, -0.2) is 78.2 Å². The summed E-state index contributed by atoms with van der Waals surface area (Å²) >= 11 is 0. The molecule has 6 nitrogen and oxygen atoms in total. The molecule has 1 aliphatic rings. The van der Waals surface area contributed by atoms with E-state index in [0.29, 0.717) is 5.69 Å². The maximum absolute atomic E-state index is 14.5. The fourth-order valence-corrected chi connectivity index (χ4v) is 5.14. The fourth-order valence-electron chi connectivity index (χ4n) is 3.68. The van der Waals surface area contributed by atoms with Gasteiger partial charge >= 0.3 is 0 Å². The Labute approximate surface area is 175 Å². The molecule has 2 rings (SSSR count). The Morgan fingerprint density at radius 1 is 1.03 bits per heavy atom. The molecule has 0 aliphatic heterocycles. The van der Waals surface area contributed by atoms with Crippen molar-refractivity contribution in [3.8, 4) is 0 Å². The lowest BCUT2D eigenvalue weighted by Gasteiger charge is -2.34. The van der Waals surface area contributed by atoms with Gasteiger partial charge in [-0.25, -0.2) is 12.8 Å². The Balaban J connectivity index is 1.89. The monoisotopic (exact) mass is 429 g/mol. The van der Waals surface area contributed by atoms with Crippen molar-refractivity contribution in [2.75, 3.05) is 53.3 Å². The lowest BCUT2D eigenvalue weighted by molar-refractivity contribution is 0.0154. The van der Waals surface area contributed by atoms with Crippen LogP contribution >= 0.6 is 0 Å². The van der Waals surface area contributed by atoms with Crippen LogP contribution in [-0.2, 0) is 14.8 Å². The molecule has 0 aromatic heterocycles. The van der Waals surface area contributed by atoms with E-state index in [4.69, 9.17) is 4.74 Å². The van der Waals surface area contributed by atoms with Gasteiger partial charge in [-0.1, -0.05) is 0 Å². The van der Waals surface area contributed by atoms with Crippen LogP contribution in [0.4, 0.5) is 10.1 Å². The first kappa shape index (κ1) is 24.1. The molecule has 1 aliphatic carbocycles. The predicted octanol–water partition coefficient (Wildman–Crippen LogP) is 3.18. The molecule has 0 saturated heterocycles. The maximum Gasteiger partial charge on any atom is 0.245 e. The molecule has 1 saturated carbocycles. The molecule has 0 heterocycles. The largest absolute Gasteiger partial charge is 0.378 e. The zero-order valence-corrected chi connectivity index (χ0v) is 19.2. The minimum absolute atomic E-state index is 0.124. The summed E-state index contributed by atoms with van der Waals surface area (Å²) in [5, 5.41) is 0. The van der Waals surface area contributed by atoms with Gasteiger partial charge in [0.25, 0.3) is 0 Å². The van der Waals surface area contributed by atoms with E-state index >= 15 is 0 Å². The van der Waals surface area contributed by atoms with Crippen molar-refractivity contribution in [1.82, 2.24) is 9.21 Å². The minimum atomic E-state index is -3.87. The third-order valence-electron chi connectivity index (χ3n) is 5.60. The van der Waals surface area contributed by atoms with Crippen LogP contribution in [0.5, 0.6) is 0 Å². The second-order valence-electron chi connectivity index (χ2n) is 8.34. The summed E-state index contributed by atoms with van der Waals surface area (Å²) in [6, 6.07) is 4.13. The van der Waals surface area contributed by atoms with E-state index in [2.05, 4.69) is 19.0 Å². The van der Waals surface area contributed by atoms with Crippen molar-refractivity contribution < 1.29 is 17.5 Å². The smallest absolute Gasteiger partial charge is 0.245 e. The average Bonchev–Trinajstić information content (AvgIpc) is 2.67. The molecule has 0 N–H and O–H groups in total. The van der Waals surface area contributed by atoms with Gasteiger partial charge in [-0.15, -0.1) is 0 Å². The zero-order chi connectivity index (χ0) is 21.6. The summed E-state index contributed by atoms with van der Waals surface area (Å²) in [6.07, 6.45) is 5.47. The van der Waals surface area contributed by atoms with Gasteiger partial charge in [0.05, 0.1) is 6.10 Å². The van der Waals surface area contributed by atoms with Gasteiger partial charge in [-0.3, -0.25) is 0 Å². The maximum atomic E-state index is 14.5. The van der Waals surface area contributed by atoms with Crippen LogP contribution in [0.3, 0.4) is 0 Å². The van der Waals surface area contributed by atoms with Crippen molar-refractivity contribution >= 4 is 15.7 Å². The van der Waals surface area contributed by atoms with E-state index in [-0.39, 0.29) is 17.0 Å². The first-order valence-corrected chi connectivity index (χ1v) is 11.8. The van der Waals surface area contributed by atoms with Crippen molar-refractivity contribution in [1.29, 1.82) is 0 Å². The number of sulfonamides is 1. The molecule has 1 aromatic carbocycles. The molecule has 0 bridgehead atoms. The Kier molecular flexibility index (Phi) is 8.88. The molecule has 1 fully saturated rings. The topological polar surface area (TPSA) is 53.1 Å². The number of anilines is 1. The van der Waals surface area contributed by atoms with Crippen molar-refractivity contribution in [3.05, 3.63) is 24.0 Å². The summed E-state index contributed by atoms with van der Waals surface area (Å²) in [5.74, 6) is -0.710. The van der Waals surface area contributed by atoms with Gasteiger partial charge in [-0.2, -0.15) is 4.31 Å². The third kappa shape index (κ3) is 6.64. The minimum Gasteiger partial charge on any atom is -0.378 e. The fraction of sp³-hybridized carbons (Fsp3) is 0.714. The Bertz CT molecular complexity index is 748. The molecule has 0 spiro atoms. The molecule has 29 heavy (non-hydrogen) atoms. The van der Waals surface area contributed by atoms with Gasteiger partial charge in [-0.05, 0) is 77.4 Å². The Morgan fingerprint density at radius 2 is 1.69 bits per heavy atom. The number of benzene rings is 1. The second-order valence-corrected chi connectivity index (χ2v) is 10.3. The van der Waals surface area contributed by atoms with Crippen LogP contribution in [0.1, 0.15) is 38.5 Å². The molecule has 0 radical (unpaired) electrons. The van der Waals surface area contributed by atoms with E-state index in [1.165, 1.54) is 16.4 Å². The van der Waals surface area contributed by atoms with E-state index in [0.717, 1.165) is 51.7 Å². The number of halogens is 1. The summed E-state index contributed by atoms with van der Waals surface area (Å²) in [4.78, 5) is 3.65. The lowest BCUT2D eigenvalue weighted by Crippen LogP contribution is -2.41. The van der Waals surface area contributed by atoms with Crippen LogP contribution < -0.4 is 4.90 Å². The van der Waals surface area contributed by atoms with Crippen LogP contribution in [0.15, 0.2) is 23.1 Å². The lowest BCUT2D eigenvalue weighted by atomic mass is 9.93. The first-order valence-electron chi connectivity index (χ1n) is 10.3. The molecular weight excluding hydrogens is 393 g/mol. The van der Waals surface area contributed by atoms with Gasteiger partial charge in [0.1, 0.15) is 10.7 Å². The molecule has 166 valence electrons. The average molecular weight is 430 g/mol. The second kappa shape index (κ2) is 10.7. The molecule has 0 atom stereocenters. The van der Waals surface area contributed by atoms with E-state index in [9.17, 15) is 12.8 Å². The van der Waals surface area contributed by atoms with E-state index in [1.54, 1.807) is 32.1 Å². The van der Waals surface area contributed by atoms with Gasteiger partial charge in [0.2, 0.25) is 10.0 Å². The number of ether oxygens (including phenoxy) is 1. The van der Waals surface area contributed by atoms with Crippen LogP contribution in [0.25, 0.3) is 0 Å². The number of hydrogen-bond acceptors (Lipinski definition) is 5. The summed E-state index contributed by atoms with van der Waals surface area (Å²) in [7, 11) is 5.40. The van der Waals surface area contributed by atoms with Crippen molar-refractivity contribution in [3.63, 3.8) is 0 Å².